The maximum atomic E-state index is 13.0. The number of benzene rings is 2. The Balaban J connectivity index is 2.00. The normalized spacial score (nSPS) is 17.2. The van der Waals surface area contributed by atoms with Crippen LogP contribution in [0.2, 0.25) is 0 Å². The second-order valence-electron chi connectivity index (χ2n) is 7.04. The molecule has 4 nitrogen and oxygen atoms in total. The fourth-order valence-electron chi connectivity index (χ4n) is 3.99. The number of primary amides is 1. The molecular formula is C21H26N2O2. The van der Waals surface area contributed by atoms with Crippen molar-refractivity contribution in [3.63, 3.8) is 0 Å². The van der Waals surface area contributed by atoms with Gasteiger partial charge in [-0.05, 0) is 30.4 Å². The van der Waals surface area contributed by atoms with Crippen LogP contribution in [0.5, 0.6) is 0 Å². The number of nitrogens with zero attached hydrogens (tertiary/aromatic N) is 1. The van der Waals surface area contributed by atoms with Crippen molar-refractivity contribution < 1.29 is 9.44 Å². The highest BCUT2D eigenvalue weighted by Crippen LogP contribution is 2.37. The molecule has 1 aliphatic rings. The zero-order valence-electron chi connectivity index (χ0n) is 14.6. The highest BCUT2D eigenvalue weighted by molar-refractivity contribution is 5.90. The topological polar surface area (TPSA) is 66.2 Å². The molecule has 0 aliphatic carbocycles. The fourth-order valence-corrected chi connectivity index (χ4v) is 3.99. The van der Waals surface area contributed by atoms with Gasteiger partial charge in [0.1, 0.15) is 5.41 Å². The maximum Gasteiger partial charge on any atom is 0.232 e. The molecule has 132 valence electrons. The number of piperidine rings is 1. The highest BCUT2D eigenvalue weighted by Gasteiger charge is 2.42. The van der Waals surface area contributed by atoms with Crippen LogP contribution >= 0.6 is 0 Å². The summed E-state index contributed by atoms with van der Waals surface area (Å²) in [5.74, 6) is -0.395. The Morgan fingerprint density at radius 3 is 1.84 bits per heavy atom. The molecule has 0 saturated carbocycles. The molecule has 4 heteroatoms. The largest absolute Gasteiger partial charge is 0.633 e. The highest BCUT2D eigenvalue weighted by atomic mass is 16.5. The van der Waals surface area contributed by atoms with Gasteiger partial charge < -0.3 is 15.6 Å². The monoisotopic (exact) mass is 338 g/mol. The number of amides is 1. The molecule has 1 fully saturated rings. The van der Waals surface area contributed by atoms with Crippen molar-refractivity contribution in [2.24, 2.45) is 5.73 Å². The Labute approximate surface area is 149 Å². The lowest BCUT2D eigenvalue weighted by atomic mass is 9.71. The van der Waals surface area contributed by atoms with Gasteiger partial charge in [0.2, 0.25) is 5.91 Å². The number of hydroxylamine groups is 3. The van der Waals surface area contributed by atoms with Crippen molar-refractivity contribution in [1.29, 1.82) is 0 Å². The Bertz CT molecular complexity index is 655. The van der Waals surface area contributed by atoms with Gasteiger partial charge in [0.25, 0.3) is 0 Å². The van der Waals surface area contributed by atoms with Gasteiger partial charge in [-0.15, -0.1) is 0 Å². The smallest absolute Gasteiger partial charge is 0.232 e. The molecule has 2 N–H and O–H groups in total. The summed E-state index contributed by atoms with van der Waals surface area (Å²) in [4.78, 5) is 12.7. The number of hydrogen-bond acceptors (Lipinski definition) is 2. The summed E-state index contributed by atoms with van der Waals surface area (Å²) in [5, 5.41) is 13.0. The molecule has 0 bridgehead atoms. The van der Waals surface area contributed by atoms with Gasteiger partial charge >= 0.3 is 0 Å². The quantitative estimate of drug-likeness (QED) is 0.648. The fraction of sp³-hybridized carbons (Fsp3) is 0.381. The molecule has 0 aromatic heterocycles. The van der Waals surface area contributed by atoms with Gasteiger partial charge in [-0.2, -0.15) is 0 Å². The SMILES string of the molecule is NC(=O)C(CC[N+]1([O-])CCCCC1)(c1ccccc1)c1ccccc1. The van der Waals surface area contributed by atoms with Crippen LogP contribution in [0.3, 0.4) is 0 Å². The van der Waals surface area contributed by atoms with E-state index in [4.69, 9.17) is 5.73 Å². The number of quaternary nitrogens is 1. The third-order valence-electron chi connectivity index (χ3n) is 5.48. The predicted molar refractivity (Wildman–Crippen MR) is 99.6 cm³/mol. The Morgan fingerprint density at radius 1 is 0.920 bits per heavy atom. The molecule has 25 heavy (non-hydrogen) atoms. The van der Waals surface area contributed by atoms with E-state index in [-0.39, 0.29) is 4.65 Å². The molecule has 3 rings (SSSR count). The van der Waals surface area contributed by atoms with E-state index in [2.05, 4.69) is 0 Å². The lowest BCUT2D eigenvalue weighted by Crippen LogP contribution is -2.51. The van der Waals surface area contributed by atoms with Gasteiger partial charge in [0.15, 0.2) is 0 Å². The zero-order valence-corrected chi connectivity index (χ0v) is 14.6. The van der Waals surface area contributed by atoms with Crippen LogP contribution in [0.1, 0.15) is 36.8 Å². The average molecular weight is 338 g/mol. The maximum absolute atomic E-state index is 13.0. The summed E-state index contributed by atoms with van der Waals surface area (Å²) in [6, 6.07) is 19.2. The molecule has 1 amide bonds. The predicted octanol–water partition coefficient (Wildman–Crippen LogP) is 3.35. The van der Waals surface area contributed by atoms with Crippen molar-refractivity contribution in [3.8, 4) is 0 Å². The lowest BCUT2D eigenvalue weighted by Gasteiger charge is -2.47. The molecular weight excluding hydrogens is 312 g/mol. The summed E-state index contributed by atoms with van der Waals surface area (Å²) in [5.41, 5.74) is 6.70. The van der Waals surface area contributed by atoms with Crippen molar-refractivity contribution in [2.75, 3.05) is 19.6 Å². The lowest BCUT2D eigenvalue weighted by molar-refractivity contribution is -0.885. The first-order valence-corrected chi connectivity index (χ1v) is 9.05. The van der Waals surface area contributed by atoms with Gasteiger partial charge in [-0.25, -0.2) is 0 Å². The van der Waals surface area contributed by atoms with Gasteiger partial charge in [0.05, 0.1) is 19.6 Å². The second-order valence-corrected chi connectivity index (χ2v) is 7.04. The minimum absolute atomic E-state index is 0.214. The van der Waals surface area contributed by atoms with Crippen LogP contribution in [-0.2, 0) is 10.2 Å². The third-order valence-corrected chi connectivity index (χ3v) is 5.48. The first-order chi connectivity index (χ1) is 12.1. The van der Waals surface area contributed by atoms with Crippen LogP contribution in [0.4, 0.5) is 0 Å². The Hall–Kier alpha value is -2.17. The molecule has 0 atom stereocenters. The Kier molecular flexibility index (Phi) is 5.21. The second kappa shape index (κ2) is 7.38. The number of carbonyl (C=O) groups is 1. The van der Waals surface area contributed by atoms with E-state index in [0.717, 1.165) is 30.4 Å². The van der Waals surface area contributed by atoms with E-state index >= 15 is 0 Å². The standard InChI is InChI=1S/C21H26N2O2/c22-20(24)21(18-10-4-1-5-11-18,19-12-6-2-7-13-19)14-17-23(25)15-8-3-9-16-23/h1-2,4-7,10-13H,3,8-9,14-17H2,(H2,22,24). The molecule has 2 aromatic carbocycles. The Morgan fingerprint density at radius 2 is 1.40 bits per heavy atom. The van der Waals surface area contributed by atoms with Crippen LogP contribution in [-0.4, -0.2) is 30.2 Å². The number of nitrogens with two attached hydrogens (primary N) is 1. The first-order valence-electron chi connectivity index (χ1n) is 9.05. The van der Waals surface area contributed by atoms with E-state index < -0.39 is 11.3 Å². The average Bonchev–Trinajstić information content (AvgIpc) is 2.64. The van der Waals surface area contributed by atoms with E-state index in [0.29, 0.717) is 26.1 Å². The first kappa shape index (κ1) is 17.6. The van der Waals surface area contributed by atoms with E-state index in [9.17, 15) is 10.0 Å². The van der Waals surface area contributed by atoms with Crippen LogP contribution < -0.4 is 5.73 Å². The number of carbonyl (C=O) groups excluding carboxylic acids is 1. The summed E-state index contributed by atoms with van der Waals surface area (Å²) < 4.78 is -0.214. The van der Waals surface area contributed by atoms with Gasteiger partial charge in [-0.1, -0.05) is 60.7 Å². The van der Waals surface area contributed by atoms with Gasteiger partial charge in [-0.3, -0.25) is 4.79 Å². The minimum atomic E-state index is -0.963. The summed E-state index contributed by atoms with van der Waals surface area (Å²) in [6.07, 6.45) is 3.48. The summed E-state index contributed by atoms with van der Waals surface area (Å²) >= 11 is 0. The van der Waals surface area contributed by atoms with Crippen LogP contribution in [0.15, 0.2) is 60.7 Å². The van der Waals surface area contributed by atoms with Crippen LogP contribution in [0, 0.1) is 5.21 Å². The van der Waals surface area contributed by atoms with Crippen molar-refractivity contribution in [1.82, 2.24) is 0 Å². The van der Waals surface area contributed by atoms with Gasteiger partial charge in [0, 0.05) is 6.42 Å². The number of hydrogen-bond donors (Lipinski definition) is 1. The third kappa shape index (κ3) is 3.60. The summed E-state index contributed by atoms with van der Waals surface area (Å²) in [7, 11) is 0. The molecule has 1 heterocycles. The molecule has 0 unspecified atom stereocenters. The van der Waals surface area contributed by atoms with E-state index in [1.807, 2.05) is 60.7 Å². The van der Waals surface area contributed by atoms with Crippen molar-refractivity contribution in [3.05, 3.63) is 77.0 Å². The minimum Gasteiger partial charge on any atom is -0.633 e. The van der Waals surface area contributed by atoms with E-state index in [1.165, 1.54) is 0 Å². The van der Waals surface area contributed by atoms with E-state index in [1.54, 1.807) is 0 Å². The zero-order chi connectivity index (χ0) is 17.8. The van der Waals surface area contributed by atoms with Crippen molar-refractivity contribution >= 4 is 5.91 Å². The molecule has 2 aromatic rings. The van der Waals surface area contributed by atoms with Crippen molar-refractivity contribution in [2.45, 2.75) is 31.1 Å². The molecule has 0 spiro atoms. The summed E-state index contributed by atoms with van der Waals surface area (Å²) in [6.45, 7) is 1.68. The molecule has 0 radical (unpaired) electrons. The number of likely N-dealkylation sites (tertiary alicyclic amines) is 1. The molecule has 1 aliphatic heterocycles. The molecule has 1 saturated heterocycles. The van der Waals surface area contributed by atoms with Crippen LogP contribution in [0.25, 0.3) is 0 Å². The number of rotatable bonds is 6.